The highest BCUT2D eigenvalue weighted by molar-refractivity contribution is 7.91. The SMILES string of the molecule is Cc1cc(C(=O)N(C)C2CCS(=O)(=O)C2)nc(N2CCc3ccccc32)n1. The summed E-state index contributed by atoms with van der Waals surface area (Å²) in [6.07, 6.45) is 1.39. The largest absolute Gasteiger partial charge is 0.336 e. The van der Waals surface area contributed by atoms with Crippen molar-refractivity contribution in [1.29, 1.82) is 0 Å². The smallest absolute Gasteiger partial charge is 0.272 e. The third-order valence-corrected chi connectivity index (χ3v) is 7.02. The molecule has 1 aromatic heterocycles. The first kappa shape index (κ1) is 17.9. The molecule has 0 spiro atoms. The number of sulfone groups is 1. The van der Waals surface area contributed by atoms with Gasteiger partial charge in [0.1, 0.15) is 5.69 Å². The van der Waals surface area contributed by atoms with E-state index in [0.29, 0.717) is 23.8 Å². The molecule has 4 rings (SSSR count). The number of amides is 1. The number of hydrogen-bond donors (Lipinski definition) is 0. The Morgan fingerprint density at radius 2 is 2.04 bits per heavy atom. The lowest BCUT2D eigenvalue weighted by molar-refractivity contribution is 0.0741. The highest BCUT2D eigenvalue weighted by atomic mass is 32.2. The minimum absolute atomic E-state index is 0.0195. The van der Waals surface area contributed by atoms with E-state index in [1.165, 1.54) is 10.5 Å². The number of benzene rings is 1. The quantitative estimate of drug-likeness (QED) is 0.799. The van der Waals surface area contributed by atoms with Gasteiger partial charge in [0.15, 0.2) is 9.84 Å². The Kier molecular flexibility index (Phi) is 4.38. The minimum atomic E-state index is -3.05. The third kappa shape index (κ3) is 3.41. The number of para-hydroxylation sites is 1. The summed E-state index contributed by atoms with van der Waals surface area (Å²) in [5.74, 6) is 0.395. The predicted molar refractivity (Wildman–Crippen MR) is 103 cm³/mol. The van der Waals surface area contributed by atoms with Crippen LogP contribution in [0.5, 0.6) is 0 Å². The maximum Gasteiger partial charge on any atom is 0.272 e. The third-order valence-electron chi connectivity index (χ3n) is 5.27. The monoisotopic (exact) mass is 386 g/mol. The van der Waals surface area contributed by atoms with Crippen molar-refractivity contribution in [2.24, 2.45) is 0 Å². The van der Waals surface area contributed by atoms with E-state index in [-0.39, 0.29) is 23.5 Å². The summed E-state index contributed by atoms with van der Waals surface area (Å²) >= 11 is 0. The molecule has 1 amide bonds. The van der Waals surface area contributed by atoms with Gasteiger partial charge >= 0.3 is 0 Å². The van der Waals surface area contributed by atoms with Crippen LogP contribution in [-0.4, -0.2) is 60.3 Å². The predicted octanol–water partition coefficient (Wildman–Crippen LogP) is 1.74. The Labute approximate surface area is 159 Å². The van der Waals surface area contributed by atoms with Crippen molar-refractivity contribution in [3.8, 4) is 0 Å². The van der Waals surface area contributed by atoms with Crippen molar-refractivity contribution in [2.75, 3.05) is 30.0 Å². The summed E-state index contributed by atoms with van der Waals surface area (Å²) in [5.41, 5.74) is 3.31. The molecular weight excluding hydrogens is 364 g/mol. The first-order chi connectivity index (χ1) is 12.8. The van der Waals surface area contributed by atoms with Gasteiger partial charge in [-0.15, -0.1) is 0 Å². The lowest BCUT2D eigenvalue weighted by Crippen LogP contribution is -2.38. The molecule has 27 heavy (non-hydrogen) atoms. The number of carbonyl (C=O) groups is 1. The summed E-state index contributed by atoms with van der Waals surface area (Å²) in [6.45, 7) is 2.61. The van der Waals surface area contributed by atoms with Crippen LogP contribution in [0, 0.1) is 6.92 Å². The lowest BCUT2D eigenvalue weighted by atomic mass is 10.2. The molecule has 2 aromatic rings. The topological polar surface area (TPSA) is 83.5 Å². The van der Waals surface area contributed by atoms with Gasteiger partial charge in [-0.1, -0.05) is 18.2 Å². The molecule has 1 fully saturated rings. The summed E-state index contributed by atoms with van der Waals surface area (Å²) in [6, 6.07) is 9.48. The van der Waals surface area contributed by atoms with E-state index in [2.05, 4.69) is 16.0 Å². The van der Waals surface area contributed by atoms with Crippen molar-refractivity contribution in [3.05, 3.63) is 47.3 Å². The fraction of sp³-hybridized carbons (Fsp3) is 0.421. The molecule has 1 unspecified atom stereocenters. The molecule has 142 valence electrons. The number of carbonyl (C=O) groups excluding carboxylic acids is 1. The fourth-order valence-corrected chi connectivity index (χ4v) is 5.53. The highest BCUT2D eigenvalue weighted by Gasteiger charge is 2.34. The Morgan fingerprint density at radius 3 is 2.78 bits per heavy atom. The average Bonchev–Trinajstić information content (AvgIpc) is 3.23. The fourth-order valence-electron chi connectivity index (χ4n) is 3.76. The highest BCUT2D eigenvalue weighted by Crippen LogP contribution is 2.32. The maximum atomic E-state index is 12.9. The second kappa shape index (κ2) is 6.60. The van der Waals surface area contributed by atoms with Gasteiger partial charge in [0.25, 0.3) is 5.91 Å². The molecular formula is C19H22N4O3S. The number of anilines is 2. The van der Waals surface area contributed by atoms with Crippen LogP contribution in [0.4, 0.5) is 11.6 Å². The number of hydrogen-bond acceptors (Lipinski definition) is 6. The number of fused-ring (bicyclic) bond motifs is 1. The van der Waals surface area contributed by atoms with Crippen LogP contribution < -0.4 is 4.90 Å². The minimum Gasteiger partial charge on any atom is -0.336 e. The molecule has 0 bridgehead atoms. The van der Waals surface area contributed by atoms with Gasteiger partial charge in [0.2, 0.25) is 5.95 Å². The van der Waals surface area contributed by atoms with E-state index in [0.717, 1.165) is 18.7 Å². The second-order valence-corrected chi connectivity index (χ2v) is 9.43. The van der Waals surface area contributed by atoms with Crippen LogP contribution in [0.1, 0.15) is 28.2 Å². The van der Waals surface area contributed by atoms with Crippen LogP contribution in [0.2, 0.25) is 0 Å². The lowest BCUT2D eigenvalue weighted by Gasteiger charge is -2.24. The molecule has 0 radical (unpaired) electrons. The Bertz CT molecular complexity index is 1010. The number of rotatable bonds is 3. The van der Waals surface area contributed by atoms with Gasteiger partial charge in [0, 0.05) is 31.0 Å². The zero-order valence-corrected chi connectivity index (χ0v) is 16.2. The van der Waals surface area contributed by atoms with Crippen LogP contribution in [0.15, 0.2) is 30.3 Å². The van der Waals surface area contributed by atoms with E-state index >= 15 is 0 Å². The average molecular weight is 386 g/mol. The zero-order valence-electron chi connectivity index (χ0n) is 15.4. The molecule has 1 saturated heterocycles. The van der Waals surface area contributed by atoms with Gasteiger partial charge in [-0.2, -0.15) is 0 Å². The normalized spacial score (nSPS) is 20.5. The van der Waals surface area contributed by atoms with Crippen molar-refractivity contribution < 1.29 is 13.2 Å². The standard InChI is InChI=1S/C19H22N4O3S/c1-13-11-16(18(24)22(2)15-8-10-27(25,26)12-15)21-19(20-13)23-9-7-14-5-3-4-6-17(14)23/h3-6,11,15H,7-10,12H2,1-2H3. The van der Waals surface area contributed by atoms with E-state index in [9.17, 15) is 13.2 Å². The summed E-state index contributed by atoms with van der Waals surface area (Å²) in [7, 11) is -1.41. The van der Waals surface area contributed by atoms with Crippen molar-refractivity contribution in [3.63, 3.8) is 0 Å². The molecule has 7 nitrogen and oxygen atoms in total. The molecule has 1 aromatic carbocycles. The van der Waals surface area contributed by atoms with Gasteiger partial charge < -0.3 is 9.80 Å². The molecule has 1 atom stereocenters. The second-order valence-electron chi connectivity index (χ2n) is 7.20. The van der Waals surface area contributed by atoms with Gasteiger partial charge in [-0.05, 0) is 37.5 Å². The Balaban J connectivity index is 1.62. The Hall–Kier alpha value is -2.48. The Morgan fingerprint density at radius 1 is 1.26 bits per heavy atom. The van der Waals surface area contributed by atoms with E-state index in [4.69, 9.17) is 0 Å². The molecule has 2 aliphatic heterocycles. The van der Waals surface area contributed by atoms with Crippen LogP contribution in [-0.2, 0) is 16.3 Å². The van der Waals surface area contributed by atoms with Crippen molar-refractivity contribution in [2.45, 2.75) is 25.8 Å². The van der Waals surface area contributed by atoms with Crippen LogP contribution in [0.3, 0.4) is 0 Å². The van der Waals surface area contributed by atoms with Crippen LogP contribution in [0.25, 0.3) is 0 Å². The molecule has 3 heterocycles. The van der Waals surface area contributed by atoms with E-state index < -0.39 is 9.84 Å². The molecule has 8 heteroatoms. The van der Waals surface area contributed by atoms with Gasteiger partial charge in [-0.25, -0.2) is 18.4 Å². The maximum absolute atomic E-state index is 12.9. The van der Waals surface area contributed by atoms with Crippen LogP contribution >= 0.6 is 0 Å². The zero-order chi connectivity index (χ0) is 19.2. The number of aromatic nitrogens is 2. The molecule has 0 aliphatic carbocycles. The van der Waals surface area contributed by atoms with Crippen molar-refractivity contribution >= 4 is 27.4 Å². The number of aryl methyl sites for hydroxylation is 1. The first-order valence-corrected chi connectivity index (χ1v) is 10.8. The van der Waals surface area contributed by atoms with Gasteiger partial charge in [0.05, 0.1) is 11.5 Å². The molecule has 0 saturated carbocycles. The summed E-state index contributed by atoms with van der Waals surface area (Å²) in [5, 5.41) is 0. The van der Waals surface area contributed by atoms with E-state index in [1.54, 1.807) is 13.1 Å². The van der Waals surface area contributed by atoms with Crippen molar-refractivity contribution in [1.82, 2.24) is 14.9 Å². The summed E-state index contributed by atoms with van der Waals surface area (Å²) < 4.78 is 23.5. The first-order valence-electron chi connectivity index (χ1n) is 9.03. The molecule has 0 N–H and O–H groups in total. The number of nitrogens with zero attached hydrogens (tertiary/aromatic N) is 4. The molecule has 2 aliphatic rings. The summed E-state index contributed by atoms with van der Waals surface area (Å²) in [4.78, 5) is 25.5. The van der Waals surface area contributed by atoms with Gasteiger partial charge in [-0.3, -0.25) is 4.79 Å². The van der Waals surface area contributed by atoms with E-state index in [1.807, 2.05) is 30.0 Å².